The first-order chi connectivity index (χ1) is 17.2. The Morgan fingerprint density at radius 1 is 1.03 bits per heavy atom. The van der Waals surface area contributed by atoms with Crippen molar-refractivity contribution in [2.24, 2.45) is 0 Å². The Hall–Kier alpha value is -4.40. The highest BCUT2D eigenvalue weighted by Gasteiger charge is 2.44. The van der Waals surface area contributed by atoms with Crippen molar-refractivity contribution in [3.8, 4) is 0 Å². The quantitative estimate of drug-likeness (QED) is 0.269. The number of hydrogen-bond donors (Lipinski definition) is 0. The average Bonchev–Trinajstić information content (AvgIpc) is 3.16. The summed E-state index contributed by atoms with van der Waals surface area (Å²) in [5, 5.41) is 11.0. The van der Waals surface area contributed by atoms with Gasteiger partial charge >= 0.3 is 0 Å². The summed E-state index contributed by atoms with van der Waals surface area (Å²) in [7, 11) is 0. The monoisotopic (exact) mass is 489 g/mol. The SMILES string of the molecule is CC(C)c1ccc(N2C(=O)CC(N(Cc3ccc(F)cc3)C(=O)c3ccc([N+](=O)[O-])cc3)C2=O)cc1. The van der Waals surface area contributed by atoms with Gasteiger partial charge in [-0.3, -0.25) is 24.5 Å². The molecule has 0 bridgehead atoms. The second kappa shape index (κ2) is 10.1. The van der Waals surface area contributed by atoms with Crippen LogP contribution in [0, 0.1) is 15.9 Å². The van der Waals surface area contributed by atoms with Gasteiger partial charge in [-0.15, -0.1) is 0 Å². The van der Waals surface area contributed by atoms with Crippen LogP contribution in [0.4, 0.5) is 15.8 Å². The van der Waals surface area contributed by atoms with Gasteiger partial charge in [-0.2, -0.15) is 0 Å². The highest BCUT2D eigenvalue weighted by atomic mass is 19.1. The van der Waals surface area contributed by atoms with Gasteiger partial charge in [-0.25, -0.2) is 9.29 Å². The number of anilines is 1. The summed E-state index contributed by atoms with van der Waals surface area (Å²) in [6.07, 6.45) is -0.218. The fraction of sp³-hybridized carbons (Fsp3) is 0.222. The fourth-order valence-corrected chi connectivity index (χ4v) is 4.14. The van der Waals surface area contributed by atoms with E-state index < -0.39 is 34.5 Å². The molecule has 0 aromatic heterocycles. The predicted molar refractivity (Wildman–Crippen MR) is 131 cm³/mol. The van der Waals surface area contributed by atoms with Crippen molar-refractivity contribution in [2.75, 3.05) is 4.90 Å². The van der Waals surface area contributed by atoms with E-state index in [-0.39, 0.29) is 30.1 Å². The minimum Gasteiger partial charge on any atom is -0.322 e. The molecule has 1 atom stereocenters. The maximum Gasteiger partial charge on any atom is 0.269 e. The summed E-state index contributed by atoms with van der Waals surface area (Å²) < 4.78 is 13.4. The second-order valence-corrected chi connectivity index (χ2v) is 8.90. The number of nitro benzene ring substituents is 1. The van der Waals surface area contributed by atoms with E-state index in [2.05, 4.69) is 0 Å². The van der Waals surface area contributed by atoms with E-state index in [9.17, 15) is 28.9 Å². The standard InChI is InChI=1S/C27H24FN3O5/c1-17(2)19-5-11-22(12-6-19)30-25(32)15-24(27(30)34)29(16-18-3-9-21(28)10-4-18)26(33)20-7-13-23(14-8-20)31(35)36/h3-14,17,24H,15-16H2,1-2H3. The lowest BCUT2D eigenvalue weighted by Crippen LogP contribution is -2.45. The van der Waals surface area contributed by atoms with E-state index in [1.807, 2.05) is 26.0 Å². The number of nitrogens with zero attached hydrogens (tertiary/aromatic N) is 3. The van der Waals surface area contributed by atoms with Crippen LogP contribution in [-0.4, -0.2) is 33.6 Å². The molecule has 3 aromatic carbocycles. The summed E-state index contributed by atoms with van der Waals surface area (Å²) >= 11 is 0. The lowest BCUT2D eigenvalue weighted by Gasteiger charge is -2.28. The Morgan fingerprint density at radius 3 is 2.19 bits per heavy atom. The smallest absolute Gasteiger partial charge is 0.269 e. The van der Waals surface area contributed by atoms with E-state index in [0.717, 1.165) is 10.5 Å². The highest BCUT2D eigenvalue weighted by Crippen LogP contribution is 2.29. The van der Waals surface area contributed by atoms with Crippen LogP contribution in [0.2, 0.25) is 0 Å². The molecule has 0 spiro atoms. The van der Waals surface area contributed by atoms with Gasteiger partial charge in [0.1, 0.15) is 11.9 Å². The number of carbonyl (C=O) groups excluding carboxylic acids is 3. The number of benzene rings is 3. The molecule has 3 amide bonds. The Balaban J connectivity index is 1.67. The molecule has 8 nitrogen and oxygen atoms in total. The Kier molecular flexibility index (Phi) is 6.91. The topological polar surface area (TPSA) is 101 Å². The molecule has 3 aromatic rings. The van der Waals surface area contributed by atoms with E-state index in [1.165, 1.54) is 53.4 Å². The van der Waals surface area contributed by atoms with E-state index in [1.54, 1.807) is 12.1 Å². The third-order valence-electron chi connectivity index (χ3n) is 6.17. The van der Waals surface area contributed by atoms with Crippen LogP contribution < -0.4 is 4.90 Å². The van der Waals surface area contributed by atoms with Crippen LogP contribution in [0.25, 0.3) is 0 Å². The molecule has 1 saturated heterocycles. The van der Waals surface area contributed by atoms with Gasteiger partial charge < -0.3 is 4.90 Å². The summed E-state index contributed by atoms with van der Waals surface area (Å²) in [6, 6.07) is 16.5. The molecule has 184 valence electrons. The molecular formula is C27H24FN3O5. The molecule has 0 N–H and O–H groups in total. The lowest BCUT2D eigenvalue weighted by atomic mass is 10.0. The third kappa shape index (κ3) is 5.00. The summed E-state index contributed by atoms with van der Waals surface area (Å²) in [5.74, 6) is -1.73. The Labute approximate surface area is 207 Å². The van der Waals surface area contributed by atoms with Gasteiger partial charge in [0.05, 0.1) is 17.0 Å². The Bertz CT molecular complexity index is 1300. The zero-order valence-electron chi connectivity index (χ0n) is 19.8. The summed E-state index contributed by atoms with van der Waals surface area (Å²) in [5.41, 5.74) is 1.98. The molecule has 9 heteroatoms. The number of halogens is 1. The molecule has 1 fully saturated rings. The minimum absolute atomic E-state index is 0.0556. The zero-order chi connectivity index (χ0) is 26.0. The highest BCUT2D eigenvalue weighted by molar-refractivity contribution is 6.23. The largest absolute Gasteiger partial charge is 0.322 e. The van der Waals surface area contributed by atoms with Gasteiger partial charge in [-0.05, 0) is 53.4 Å². The first-order valence-corrected chi connectivity index (χ1v) is 11.4. The van der Waals surface area contributed by atoms with E-state index in [0.29, 0.717) is 11.3 Å². The summed E-state index contributed by atoms with van der Waals surface area (Å²) in [6.45, 7) is 4.02. The van der Waals surface area contributed by atoms with Crippen LogP contribution in [0.3, 0.4) is 0 Å². The Morgan fingerprint density at radius 2 is 1.64 bits per heavy atom. The van der Waals surface area contributed by atoms with E-state index in [4.69, 9.17) is 0 Å². The van der Waals surface area contributed by atoms with Crippen LogP contribution in [0.5, 0.6) is 0 Å². The number of amides is 3. The van der Waals surface area contributed by atoms with Gasteiger partial charge in [0, 0.05) is 24.2 Å². The molecule has 0 radical (unpaired) electrons. The van der Waals surface area contributed by atoms with Crippen molar-refractivity contribution in [1.29, 1.82) is 0 Å². The molecule has 1 heterocycles. The zero-order valence-corrected chi connectivity index (χ0v) is 19.8. The molecule has 36 heavy (non-hydrogen) atoms. The van der Waals surface area contributed by atoms with Crippen molar-refractivity contribution < 1.29 is 23.7 Å². The molecule has 0 aliphatic carbocycles. The van der Waals surface area contributed by atoms with Crippen molar-refractivity contribution >= 4 is 29.1 Å². The van der Waals surface area contributed by atoms with Crippen molar-refractivity contribution in [2.45, 2.75) is 38.8 Å². The lowest BCUT2D eigenvalue weighted by molar-refractivity contribution is -0.384. The number of non-ortho nitro benzene ring substituents is 1. The van der Waals surface area contributed by atoms with Gasteiger partial charge in [-0.1, -0.05) is 38.1 Å². The maximum atomic E-state index is 13.5. The fourth-order valence-electron chi connectivity index (χ4n) is 4.14. The number of hydrogen-bond acceptors (Lipinski definition) is 5. The molecule has 1 unspecified atom stereocenters. The van der Waals surface area contributed by atoms with Crippen LogP contribution in [0.15, 0.2) is 72.8 Å². The van der Waals surface area contributed by atoms with Crippen LogP contribution >= 0.6 is 0 Å². The number of rotatable bonds is 7. The van der Waals surface area contributed by atoms with Gasteiger partial charge in [0.25, 0.3) is 17.5 Å². The minimum atomic E-state index is -1.09. The summed E-state index contributed by atoms with van der Waals surface area (Å²) in [4.78, 5) is 52.7. The predicted octanol–water partition coefficient (Wildman–Crippen LogP) is 4.83. The number of imide groups is 1. The van der Waals surface area contributed by atoms with Crippen LogP contribution in [-0.2, 0) is 16.1 Å². The van der Waals surface area contributed by atoms with Crippen molar-refractivity contribution in [3.63, 3.8) is 0 Å². The second-order valence-electron chi connectivity index (χ2n) is 8.90. The van der Waals surface area contributed by atoms with Crippen molar-refractivity contribution in [1.82, 2.24) is 4.90 Å². The first kappa shape index (κ1) is 24.7. The maximum absolute atomic E-state index is 13.5. The molecule has 1 aliphatic heterocycles. The van der Waals surface area contributed by atoms with E-state index >= 15 is 0 Å². The molecule has 0 saturated carbocycles. The van der Waals surface area contributed by atoms with Crippen molar-refractivity contribution in [3.05, 3.63) is 105 Å². The molecule has 1 aliphatic rings. The normalized spacial score (nSPS) is 15.4. The number of carbonyl (C=O) groups is 3. The van der Waals surface area contributed by atoms with Gasteiger partial charge in [0.15, 0.2) is 0 Å². The third-order valence-corrected chi connectivity index (χ3v) is 6.17. The molecule has 4 rings (SSSR count). The number of nitro groups is 1. The average molecular weight is 490 g/mol. The first-order valence-electron chi connectivity index (χ1n) is 11.4. The molecular weight excluding hydrogens is 465 g/mol. The van der Waals surface area contributed by atoms with Crippen LogP contribution in [0.1, 0.15) is 47.7 Å². The van der Waals surface area contributed by atoms with Gasteiger partial charge in [0.2, 0.25) is 5.91 Å².